The fraction of sp³-hybridized carbons (Fsp3) is 0.0323. The summed E-state index contributed by atoms with van der Waals surface area (Å²) in [6.07, 6.45) is 0. The molecule has 35 heavy (non-hydrogen) atoms. The first-order valence-corrected chi connectivity index (χ1v) is 13.0. The van der Waals surface area contributed by atoms with Gasteiger partial charge in [0.2, 0.25) is 0 Å². The van der Waals surface area contributed by atoms with Gasteiger partial charge in [0.05, 0.1) is 4.47 Å². The van der Waals surface area contributed by atoms with Crippen molar-refractivity contribution in [1.29, 1.82) is 0 Å². The molecule has 0 saturated heterocycles. The molecule has 7 rings (SSSR count). The van der Waals surface area contributed by atoms with Crippen LogP contribution in [0.5, 0.6) is 0 Å². The minimum absolute atomic E-state index is 0.791. The van der Waals surface area contributed by atoms with E-state index in [0.717, 1.165) is 69.8 Å². The van der Waals surface area contributed by atoms with Crippen molar-refractivity contribution in [3.8, 4) is 22.3 Å². The third kappa shape index (κ3) is 2.91. The maximum absolute atomic E-state index is 12.9. The van der Waals surface area contributed by atoms with E-state index in [9.17, 15) is 5.11 Å². The Hall–Kier alpha value is -3.18. The van der Waals surface area contributed by atoms with Gasteiger partial charge < -0.3 is 9.52 Å². The van der Waals surface area contributed by atoms with Crippen molar-refractivity contribution in [2.75, 3.05) is 0 Å². The summed E-state index contributed by atoms with van der Waals surface area (Å²) in [4.78, 5) is 0. The van der Waals surface area contributed by atoms with Gasteiger partial charge in [0.1, 0.15) is 16.8 Å². The molecule has 0 spiro atoms. The number of halogens is 2. The molecule has 0 bridgehead atoms. The van der Waals surface area contributed by atoms with Crippen LogP contribution in [0, 0.1) is 0 Å². The van der Waals surface area contributed by atoms with Crippen LogP contribution in [0.1, 0.15) is 16.7 Å². The minimum Gasteiger partial charge on any atom is -0.455 e. The zero-order valence-electron chi connectivity index (χ0n) is 18.4. The molecule has 168 valence electrons. The number of fused-ring (bicyclic) bond motifs is 7. The Kier molecular flexibility index (Phi) is 4.62. The number of aliphatic hydroxyl groups is 1. The predicted molar refractivity (Wildman–Crippen MR) is 149 cm³/mol. The highest BCUT2D eigenvalue weighted by molar-refractivity contribution is 9.11. The van der Waals surface area contributed by atoms with Gasteiger partial charge in [-0.2, -0.15) is 0 Å². The standard InChI is InChI=1S/C31H18Br2O2/c32-19-14-15-21-24(16-19)31(34,23-12-6-4-10-20(23)18-8-2-1-3-9-18)25-17-26(33)30-29(28(21)25)22-11-5-7-13-27(22)35-30/h1-17,34H. The molecule has 1 atom stereocenters. The highest BCUT2D eigenvalue weighted by Crippen LogP contribution is 2.57. The Morgan fingerprint density at radius 1 is 0.657 bits per heavy atom. The van der Waals surface area contributed by atoms with Crippen molar-refractivity contribution in [2.45, 2.75) is 5.60 Å². The summed E-state index contributed by atoms with van der Waals surface area (Å²) in [5.74, 6) is 0. The van der Waals surface area contributed by atoms with Crippen LogP contribution in [0.3, 0.4) is 0 Å². The first-order valence-electron chi connectivity index (χ1n) is 11.4. The lowest BCUT2D eigenvalue weighted by molar-refractivity contribution is 0.131. The highest BCUT2D eigenvalue weighted by atomic mass is 79.9. The van der Waals surface area contributed by atoms with E-state index in [1.807, 2.05) is 72.8 Å². The number of rotatable bonds is 2. The smallest absolute Gasteiger partial charge is 0.150 e. The topological polar surface area (TPSA) is 33.4 Å². The lowest BCUT2D eigenvalue weighted by Crippen LogP contribution is -2.27. The average Bonchev–Trinajstić information content (AvgIpc) is 3.39. The number of benzene rings is 5. The summed E-state index contributed by atoms with van der Waals surface area (Å²) >= 11 is 7.42. The molecule has 0 amide bonds. The van der Waals surface area contributed by atoms with Gasteiger partial charge in [-0.25, -0.2) is 0 Å². The molecular weight excluding hydrogens is 564 g/mol. The highest BCUT2D eigenvalue weighted by Gasteiger charge is 2.46. The summed E-state index contributed by atoms with van der Waals surface area (Å²) in [5, 5.41) is 14.9. The van der Waals surface area contributed by atoms with Crippen LogP contribution in [0.15, 0.2) is 116 Å². The third-order valence-electron chi connectivity index (χ3n) is 7.03. The van der Waals surface area contributed by atoms with E-state index in [-0.39, 0.29) is 0 Å². The van der Waals surface area contributed by atoms with Crippen molar-refractivity contribution in [2.24, 2.45) is 0 Å². The first kappa shape index (κ1) is 21.1. The van der Waals surface area contributed by atoms with E-state index in [1.54, 1.807) is 0 Å². The Labute approximate surface area is 219 Å². The molecule has 1 unspecified atom stereocenters. The molecule has 2 nitrogen and oxygen atoms in total. The lowest BCUT2D eigenvalue weighted by atomic mass is 9.80. The van der Waals surface area contributed by atoms with E-state index < -0.39 is 5.60 Å². The molecule has 4 heteroatoms. The maximum Gasteiger partial charge on any atom is 0.150 e. The summed E-state index contributed by atoms with van der Waals surface area (Å²) in [6, 6.07) is 34.7. The van der Waals surface area contributed by atoms with Gasteiger partial charge in [0, 0.05) is 37.5 Å². The molecule has 0 fully saturated rings. The quantitative estimate of drug-likeness (QED) is 0.221. The number of hydrogen-bond donors (Lipinski definition) is 1. The van der Waals surface area contributed by atoms with Gasteiger partial charge in [-0.1, -0.05) is 94.8 Å². The first-order chi connectivity index (χ1) is 17.1. The number of furan rings is 1. The zero-order chi connectivity index (χ0) is 23.7. The minimum atomic E-state index is -1.35. The van der Waals surface area contributed by atoms with E-state index in [2.05, 4.69) is 62.2 Å². The lowest BCUT2D eigenvalue weighted by Gasteiger charge is -2.29. The van der Waals surface area contributed by atoms with Crippen LogP contribution in [-0.2, 0) is 5.60 Å². The normalized spacial score (nSPS) is 16.5. The van der Waals surface area contributed by atoms with Gasteiger partial charge in [-0.3, -0.25) is 0 Å². The van der Waals surface area contributed by atoms with Crippen molar-refractivity contribution in [3.63, 3.8) is 0 Å². The SMILES string of the molecule is OC1(c2ccccc2-c2ccccc2)c2cc(Br)ccc2-c2c1cc(Br)c1oc3ccccc3c21. The monoisotopic (exact) mass is 580 g/mol. The Morgan fingerprint density at radius 3 is 2.26 bits per heavy atom. The Morgan fingerprint density at radius 2 is 1.40 bits per heavy atom. The van der Waals surface area contributed by atoms with Crippen LogP contribution in [0.25, 0.3) is 44.2 Å². The second-order valence-electron chi connectivity index (χ2n) is 8.90. The van der Waals surface area contributed by atoms with Crippen LogP contribution in [0.2, 0.25) is 0 Å². The van der Waals surface area contributed by atoms with Gasteiger partial charge in [0.25, 0.3) is 0 Å². The van der Waals surface area contributed by atoms with Crippen molar-refractivity contribution >= 4 is 53.8 Å². The second-order valence-corrected chi connectivity index (χ2v) is 10.7. The molecule has 1 N–H and O–H groups in total. The van der Waals surface area contributed by atoms with Gasteiger partial charge >= 0.3 is 0 Å². The maximum atomic E-state index is 12.9. The molecule has 1 aliphatic rings. The molecule has 1 aromatic heterocycles. The van der Waals surface area contributed by atoms with Crippen molar-refractivity contribution in [1.82, 2.24) is 0 Å². The van der Waals surface area contributed by atoms with Crippen LogP contribution in [0.4, 0.5) is 0 Å². The summed E-state index contributed by atoms with van der Waals surface area (Å²) in [6.45, 7) is 0. The van der Waals surface area contributed by atoms with Gasteiger partial charge in [0.15, 0.2) is 0 Å². The molecular formula is C31H18Br2O2. The summed E-state index contributed by atoms with van der Waals surface area (Å²) in [5.41, 5.74) is 6.92. The number of para-hydroxylation sites is 1. The predicted octanol–water partition coefficient (Wildman–Crippen LogP) is 9.04. The zero-order valence-corrected chi connectivity index (χ0v) is 21.6. The largest absolute Gasteiger partial charge is 0.455 e. The van der Waals surface area contributed by atoms with E-state index in [4.69, 9.17) is 4.42 Å². The van der Waals surface area contributed by atoms with Crippen LogP contribution < -0.4 is 0 Å². The van der Waals surface area contributed by atoms with Gasteiger partial charge in [-0.05, 0) is 56.9 Å². The second kappa shape index (κ2) is 7.66. The van der Waals surface area contributed by atoms with Gasteiger partial charge in [-0.15, -0.1) is 0 Å². The fourth-order valence-corrected chi connectivity index (χ4v) is 6.43. The molecule has 0 saturated carbocycles. The molecule has 6 aromatic rings. The summed E-state index contributed by atoms with van der Waals surface area (Å²) in [7, 11) is 0. The average molecular weight is 582 g/mol. The Balaban J connectivity index is 1.66. The van der Waals surface area contributed by atoms with Crippen molar-refractivity contribution < 1.29 is 9.52 Å². The van der Waals surface area contributed by atoms with Crippen LogP contribution >= 0.6 is 31.9 Å². The molecule has 0 radical (unpaired) electrons. The molecule has 1 heterocycles. The molecule has 5 aromatic carbocycles. The third-order valence-corrected chi connectivity index (χ3v) is 8.12. The number of hydrogen-bond acceptors (Lipinski definition) is 2. The van der Waals surface area contributed by atoms with E-state index >= 15 is 0 Å². The van der Waals surface area contributed by atoms with E-state index in [0.29, 0.717) is 0 Å². The Bertz CT molecular complexity index is 1790. The van der Waals surface area contributed by atoms with E-state index in [1.165, 1.54) is 0 Å². The molecule has 1 aliphatic carbocycles. The molecule has 0 aliphatic heterocycles. The summed E-state index contributed by atoms with van der Waals surface area (Å²) < 4.78 is 8.02. The van der Waals surface area contributed by atoms with Crippen LogP contribution in [-0.4, -0.2) is 5.11 Å². The van der Waals surface area contributed by atoms with Crippen molar-refractivity contribution in [3.05, 3.63) is 129 Å². The fourth-order valence-electron chi connectivity index (χ4n) is 5.56.